The molecule has 9 nitrogen and oxygen atoms in total. The molecule has 0 bridgehead atoms. The van der Waals surface area contributed by atoms with E-state index < -0.39 is 11.9 Å². The number of hydrogen-bond donors (Lipinski definition) is 1. The quantitative estimate of drug-likeness (QED) is 0.586. The van der Waals surface area contributed by atoms with Crippen LogP contribution in [0.1, 0.15) is 54.3 Å². The Morgan fingerprint density at radius 1 is 1.03 bits per heavy atom. The molecule has 0 aliphatic carbocycles. The summed E-state index contributed by atoms with van der Waals surface area (Å²) >= 11 is 0. The van der Waals surface area contributed by atoms with E-state index >= 15 is 0 Å². The molecule has 3 amide bonds. The molecule has 9 heteroatoms. The number of nitrogens with one attached hydrogen (secondary N) is 1. The van der Waals surface area contributed by atoms with E-state index in [0.717, 1.165) is 53.9 Å². The Kier molecular flexibility index (Phi) is 5.41. The van der Waals surface area contributed by atoms with Crippen LogP contribution >= 0.6 is 0 Å². The van der Waals surface area contributed by atoms with Crippen LogP contribution in [-0.2, 0) is 20.9 Å². The summed E-state index contributed by atoms with van der Waals surface area (Å²) in [5.74, 6) is -0.884. The zero-order valence-corrected chi connectivity index (χ0v) is 19.1. The smallest absolute Gasteiger partial charge is 0.255 e. The van der Waals surface area contributed by atoms with Crippen LogP contribution in [0.2, 0.25) is 0 Å². The highest BCUT2D eigenvalue weighted by Crippen LogP contribution is 2.36. The zero-order valence-electron chi connectivity index (χ0n) is 19.1. The lowest BCUT2D eigenvalue weighted by molar-refractivity contribution is -0.136. The average molecular weight is 472 g/mol. The largest absolute Gasteiger partial charge is 0.357 e. The van der Waals surface area contributed by atoms with Gasteiger partial charge in [-0.15, -0.1) is 0 Å². The summed E-state index contributed by atoms with van der Waals surface area (Å²) in [5, 5.41) is 7.21. The highest BCUT2D eigenvalue weighted by molar-refractivity contribution is 6.05. The van der Waals surface area contributed by atoms with E-state index in [2.05, 4.69) is 10.3 Å². The first-order valence-electron chi connectivity index (χ1n) is 12.0. The third-order valence-corrected chi connectivity index (χ3v) is 6.92. The summed E-state index contributed by atoms with van der Waals surface area (Å²) in [6, 6.07) is 10.8. The lowest BCUT2D eigenvalue weighted by Crippen LogP contribution is -2.52. The van der Waals surface area contributed by atoms with Gasteiger partial charge < -0.3 is 9.64 Å². The van der Waals surface area contributed by atoms with E-state index in [-0.39, 0.29) is 24.5 Å². The first kappa shape index (κ1) is 21.7. The van der Waals surface area contributed by atoms with Crippen molar-refractivity contribution in [1.29, 1.82) is 0 Å². The molecule has 1 aromatic carbocycles. The predicted molar refractivity (Wildman–Crippen MR) is 126 cm³/mol. The zero-order chi connectivity index (χ0) is 23.9. The molecule has 2 atom stereocenters. The fourth-order valence-corrected chi connectivity index (χ4v) is 5.12. The monoisotopic (exact) mass is 471 g/mol. The molecule has 178 valence electrons. The van der Waals surface area contributed by atoms with E-state index in [4.69, 9.17) is 9.84 Å². The number of aromatic nitrogens is 3. The second-order valence-electron chi connectivity index (χ2n) is 9.18. The van der Waals surface area contributed by atoms with Crippen molar-refractivity contribution in [2.24, 2.45) is 0 Å². The number of amides is 3. The molecule has 3 aliphatic rings. The highest BCUT2D eigenvalue weighted by Gasteiger charge is 2.39. The van der Waals surface area contributed by atoms with Gasteiger partial charge in [-0.05, 0) is 61.1 Å². The number of ether oxygens (including phenoxy) is 1. The van der Waals surface area contributed by atoms with Crippen LogP contribution in [0.5, 0.6) is 0 Å². The Morgan fingerprint density at radius 2 is 1.94 bits per heavy atom. The molecule has 3 aromatic rings. The molecular formula is C26H25N5O4. The third kappa shape index (κ3) is 3.91. The molecule has 0 radical (unpaired) electrons. The Labute approximate surface area is 202 Å². The minimum absolute atomic E-state index is 0.112. The Hall–Kier alpha value is -3.85. The number of nitrogens with zero attached hydrogens (tertiary/aromatic N) is 4. The summed E-state index contributed by atoms with van der Waals surface area (Å²) in [6.07, 6.45) is 7.26. The number of hydrogen-bond acceptors (Lipinski definition) is 6. The molecule has 0 saturated carbocycles. The first-order valence-corrected chi connectivity index (χ1v) is 12.0. The molecule has 1 N–H and O–H groups in total. The number of piperidine rings is 1. The third-order valence-electron chi connectivity index (χ3n) is 6.92. The van der Waals surface area contributed by atoms with E-state index in [9.17, 15) is 14.4 Å². The normalized spacial score (nSPS) is 22.3. The summed E-state index contributed by atoms with van der Waals surface area (Å²) in [7, 11) is 0. The minimum Gasteiger partial charge on any atom is -0.357 e. The topological polar surface area (TPSA) is 106 Å². The molecule has 6 rings (SSSR count). The second kappa shape index (κ2) is 8.74. The van der Waals surface area contributed by atoms with Crippen LogP contribution in [0.3, 0.4) is 0 Å². The Bertz CT molecular complexity index is 1310. The number of fused-ring (bicyclic) bond motifs is 1. The maximum Gasteiger partial charge on any atom is 0.255 e. The van der Waals surface area contributed by atoms with E-state index in [1.807, 2.05) is 47.3 Å². The fourth-order valence-electron chi connectivity index (χ4n) is 5.12. The van der Waals surface area contributed by atoms with Crippen LogP contribution in [0.25, 0.3) is 22.5 Å². The van der Waals surface area contributed by atoms with Crippen molar-refractivity contribution >= 4 is 17.7 Å². The molecule has 2 unspecified atom stereocenters. The standard InChI is InChI=1S/C26H25N5O4/c32-22-10-9-21(25(33)28-22)30-14-17-13-16(7-8-18(17)26(30)34)19-15-31(23-6-2-4-12-35-23)29-24(19)20-5-1-3-11-27-20/h1,3,5,7-8,11,13,15,21,23H,2,4,6,9-10,12,14H2,(H,28,32,33). The van der Waals surface area contributed by atoms with Gasteiger partial charge >= 0.3 is 0 Å². The van der Waals surface area contributed by atoms with Gasteiger partial charge in [0.2, 0.25) is 11.8 Å². The summed E-state index contributed by atoms with van der Waals surface area (Å²) in [4.78, 5) is 43.1. The van der Waals surface area contributed by atoms with Gasteiger partial charge in [-0.25, -0.2) is 4.68 Å². The van der Waals surface area contributed by atoms with Crippen molar-refractivity contribution in [1.82, 2.24) is 25.0 Å². The maximum absolute atomic E-state index is 13.1. The van der Waals surface area contributed by atoms with Crippen molar-refractivity contribution in [3.63, 3.8) is 0 Å². The lowest BCUT2D eigenvalue weighted by Gasteiger charge is -2.29. The van der Waals surface area contributed by atoms with E-state index in [1.54, 1.807) is 11.1 Å². The van der Waals surface area contributed by atoms with Gasteiger partial charge in [0.05, 0.1) is 5.69 Å². The van der Waals surface area contributed by atoms with Crippen LogP contribution in [0, 0.1) is 0 Å². The van der Waals surface area contributed by atoms with Crippen LogP contribution < -0.4 is 5.32 Å². The molecule has 2 fully saturated rings. The lowest BCUT2D eigenvalue weighted by atomic mass is 10.00. The first-order chi connectivity index (χ1) is 17.1. The van der Waals surface area contributed by atoms with Gasteiger partial charge in [0.25, 0.3) is 5.91 Å². The van der Waals surface area contributed by atoms with E-state index in [0.29, 0.717) is 18.5 Å². The van der Waals surface area contributed by atoms with Crippen molar-refractivity contribution in [2.75, 3.05) is 6.61 Å². The fraction of sp³-hybridized carbons (Fsp3) is 0.346. The van der Waals surface area contributed by atoms with Gasteiger partial charge in [-0.3, -0.25) is 24.7 Å². The van der Waals surface area contributed by atoms with Crippen molar-refractivity contribution < 1.29 is 19.1 Å². The van der Waals surface area contributed by atoms with Gasteiger partial charge in [-0.1, -0.05) is 12.1 Å². The average Bonchev–Trinajstić information content (AvgIpc) is 3.47. The number of carbonyl (C=O) groups is 3. The van der Waals surface area contributed by atoms with Crippen LogP contribution in [-0.4, -0.2) is 50.0 Å². The predicted octanol–water partition coefficient (Wildman–Crippen LogP) is 3.07. The number of benzene rings is 1. The Balaban J connectivity index is 1.35. The van der Waals surface area contributed by atoms with Crippen LogP contribution in [0.15, 0.2) is 48.8 Å². The molecule has 3 aliphatic heterocycles. The molecule has 2 aromatic heterocycles. The summed E-state index contributed by atoms with van der Waals surface area (Å²) in [6.45, 7) is 1.04. The molecule has 2 saturated heterocycles. The van der Waals surface area contributed by atoms with Gasteiger partial charge in [0.1, 0.15) is 18.0 Å². The highest BCUT2D eigenvalue weighted by atomic mass is 16.5. The van der Waals surface area contributed by atoms with E-state index in [1.165, 1.54) is 0 Å². The minimum atomic E-state index is -0.633. The summed E-state index contributed by atoms with van der Waals surface area (Å²) in [5.41, 5.74) is 4.79. The SMILES string of the molecule is O=C1CCC(N2Cc3cc(-c4cn(C5CCCCO5)nc4-c4ccccn4)ccc3C2=O)C(=O)N1. The van der Waals surface area contributed by atoms with Crippen molar-refractivity contribution in [3.8, 4) is 22.5 Å². The number of carbonyl (C=O) groups excluding carboxylic acids is 3. The van der Waals surface area contributed by atoms with Gasteiger partial charge in [0.15, 0.2) is 0 Å². The van der Waals surface area contributed by atoms with Gasteiger partial charge in [-0.2, -0.15) is 5.10 Å². The molecule has 0 spiro atoms. The Morgan fingerprint density at radius 3 is 2.71 bits per heavy atom. The van der Waals surface area contributed by atoms with Crippen molar-refractivity contribution in [3.05, 3.63) is 59.9 Å². The maximum atomic E-state index is 13.1. The summed E-state index contributed by atoms with van der Waals surface area (Å²) < 4.78 is 7.84. The van der Waals surface area contributed by atoms with Gasteiger partial charge in [0, 0.05) is 43.1 Å². The molecule has 35 heavy (non-hydrogen) atoms. The number of pyridine rings is 1. The number of rotatable bonds is 4. The van der Waals surface area contributed by atoms with Crippen molar-refractivity contribution in [2.45, 2.75) is 50.9 Å². The second-order valence-corrected chi connectivity index (χ2v) is 9.18. The molecule has 5 heterocycles. The molecular weight excluding hydrogens is 446 g/mol. The van der Waals surface area contributed by atoms with Crippen LogP contribution in [0.4, 0.5) is 0 Å². The number of imide groups is 1.